The summed E-state index contributed by atoms with van der Waals surface area (Å²) in [5.41, 5.74) is 1.09. The molecule has 1 saturated heterocycles. The van der Waals surface area contributed by atoms with Crippen molar-refractivity contribution >= 4 is 44.5 Å². The van der Waals surface area contributed by atoms with Crippen molar-refractivity contribution in [3.05, 3.63) is 11.9 Å². The Morgan fingerprint density at radius 3 is 2.62 bits per heavy atom. The molecule has 1 fully saturated rings. The standard InChI is InChI=1S/C14H18N6OS3/c1-14(2,3)9-8-20-10(15-9)22-13(18-20)24-12-17-16-11(23-12)19-4-6-21-7-5-19/h8H,4-7H2,1-3H3. The largest absolute Gasteiger partial charge is 0.378 e. The molecule has 3 aromatic heterocycles. The van der Waals surface area contributed by atoms with Gasteiger partial charge in [0.25, 0.3) is 0 Å². The number of rotatable bonds is 3. The Balaban J connectivity index is 1.50. The van der Waals surface area contributed by atoms with Crippen molar-refractivity contribution < 1.29 is 4.74 Å². The van der Waals surface area contributed by atoms with Crippen molar-refractivity contribution in [3.63, 3.8) is 0 Å². The molecule has 0 unspecified atom stereocenters. The van der Waals surface area contributed by atoms with Crippen LogP contribution in [0.3, 0.4) is 0 Å². The maximum absolute atomic E-state index is 5.37. The van der Waals surface area contributed by atoms with Crippen LogP contribution in [0.2, 0.25) is 0 Å². The average molecular weight is 383 g/mol. The van der Waals surface area contributed by atoms with Crippen LogP contribution in [0.1, 0.15) is 26.5 Å². The molecule has 0 radical (unpaired) electrons. The molecule has 0 aromatic carbocycles. The normalized spacial score (nSPS) is 16.2. The van der Waals surface area contributed by atoms with E-state index in [2.05, 4.69) is 46.0 Å². The molecule has 1 aliphatic rings. The van der Waals surface area contributed by atoms with Gasteiger partial charge in [0.2, 0.25) is 10.1 Å². The van der Waals surface area contributed by atoms with E-state index in [-0.39, 0.29) is 5.41 Å². The molecule has 7 nitrogen and oxygen atoms in total. The number of morpholine rings is 1. The molecular weight excluding hydrogens is 364 g/mol. The lowest BCUT2D eigenvalue weighted by Gasteiger charge is -2.25. The first-order valence-corrected chi connectivity index (χ1v) is 10.1. The van der Waals surface area contributed by atoms with Crippen LogP contribution >= 0.6 is 34.4 Å². The second-order valence-electron chi connectivity index (χ2n) is 6.52. The quantitative estimate of drug-likeness (QED) is 0.690. The van der Waals surface area contributed by atoms with Gasteiger partial charge in [-0.15, -0.1) is 15.3 Å². The summed E-state index contributed by atoms with van der Waals surface area (Å²) < 4.78 is 9.07. The predicted molar refractivity (Wildman–Crippen MR) is 96.6 cm³/mol. The van der Waals surface area contributed by atoms with E-state index in [1.807, 2.05) is 10.7 Å². The molecule has 0 spiro atoms. The van der Waals surface area contributed by atoms with Crippen molar-refractivity contribution in [2.45, 2.75) is 34.9 Å². The highest BCUT2D eigenvalue weighted by molar-refractivity contribution is 8.02. The second-order valence-corrected chi connectivity index (χ2v) is 9.93. The van der Waals surface area contributed by atoms with Crippen LogP contribution in [0, 0.1) is 0 Å². The van der Waals surface area contributed by atoms with Gasteiger partial charge in [-0.1, -0.05) is 43.4 Å². The molecule has 0 bridgehead atoms. The summed E-state index contributed by atoms with van der Waals surface area (Å²) in [7, 11) is 0. The van der Waals surface area contributed by atoms with Crippen LogP contribution in [-0.2, 0) is 10.2 Å². The van der Waals surface area contributed by atoms with Crippen molar-refractivity contribution in [1.82, 2.24) is 24.8 Å². The van der Waals surface area contributed by atoms with Gasteiger partial charge in [0.15, 0.2) is 8.68 Å². The molecule has 3 aromatic rings. The van der Waals surface area contributed by atoms with Crippen LogP contribution in [0.4, 0.5) is 5.13 Å². The number of imidazole rings is 1. The van der Waals surface area contributed by atoms with E-state index in [9.17, 15) is 0 Å². The van der Waals surface area contributed by atoms with Gasteiger partial charge >= 0.3 is 0 Å². The first-order valence-electron chi connectivity index (χ1n) is 7.70. The fourth-order valence-electron chi connectivity index (χ4n) is 2.29. The topological polar surface area (TPSA) is 68.4 Å². The minimum absolute atomic E-state index is 0.0347. The second kappa shape index (κ2) is 6.25. The number of ether oxygens (including phenoxy) is 1. The summed E-state index contributed by atoms with van der Waals surface area (Å²) >= 11 is 4.73. The van der Waals surface area contributed by atoms with Gasteiger partial charge in [0.1, 0.15) is 0 Å². The van der Waals surface area contributed by atoms with Crippen LogP contribution in [0.15, 0.2) is 14.9 Å². The molecule has 0 saturated carbocycles. The molecule has 4 heterocycles. The van der Waals surface area contributed by atoms with Crippen LogP contribution in [0.5, 0.6) is 0 Å². The summed E-state index contributed by atoms with van der Waals surface area (Å²) in [6.45, 7) is 9.72. The van der Waals surface area contributed by atoms with E-state index in [0.29, 0.717) is 0 Å². The van der Waals surface area contributed by atoms with Crippen molar-refractivity contribution in [2.24, 2.45) is 0 Å². The molecule has 0 atom stereocenters. The summed E-state index contributed by atoms with van der Waals surface area (Å²) in [6.07, 6.45) is 2.01. The molecule has 4 rings (SSSR count). The Morgan fingerprint density at radius 2 is 1.92 bits per heavy atom. The highest BCUT2D eigenvalue weighted by Gasteiger charge is 2.21. The zero-order valence-electron chi connectivity index (χ0n) is 13.7. The van der Waals surface area contributed by atoms with Crippen molar-refractivity contribution in [2.75, 3.05) is 31.2 Å². The lowest BCUT2D eigenvalue weighted by Crippen LogP contribution is -2.36. The molecule has 128 valence electrons. The van der Waals surface area contributed by atoms with E-state index in [4.69, 9.17) is 4.74 Å². The highest BCUT2D eigenvalue weighted by Crippen LogP contribution is 2.36. The number of nitrogens with zero attached hydrogens (tertiary/aromatic N) is 6. The summed E-state index contributed by atoms with van der Waals surface area (Å²) in [5, 5.41) is 14.1. The Labute approximate surface area is 152 Å². The minimum Gasteiger partial charge on any atom is -0.378 e. The monoisotopic (exact) mass is 382 g/mol. The molecule has 0 N–H and O–H groups in total. The van der Waals surface area contributed by atoms with Crippen LogP contribution in [0.25, 0.3) is 4.96 Å². The number of hydrogen-bond donors (Lipinski definition) is 0. The molecule has 24 heavy (non-hydrogen) atoms. The van der Waals surface area contributed by atoms with E-state index >= 15 is 0 Å². The number of fused-ring (bicyclic) bond motifs is 1. The van der Waals surface area contributed by atoms with Gasteiger partial charge in [-0.25, -0.2) is 9.50 Å². The summed E-state index contributed by atoms with van der Waals surface area (Å²) in [6, 6.07) is 0. The third-order valence-corrected chi connectivity index (χ3v) is 6.65. The Kier molecular flexibility index (Phi) is 4.23. The van der Waals surface area contributed by atoms with Gasteiger partial charge in [0, 0.05) is 18.5 Å². The van der Waals surface area contributed by atoms with Gasteiger partial charge < -0.3 is 9.64 Å². The van der Waals surface area contributed by atoms with Gasteiger partial charge in [-0.2, -0.15) is 0 Å². The van der Waals surface area contributed by atoms with Gasteiger partial charge in [-0.3, -0.25) is 0 Å². The average Bonchev–Trinajstić information content (AvgIpc) is 3.22. The Hall–Kier alpha value is -1.23. The Morgan fingerprint density at radius 1 is 1.12 bits per heavy atom. The molecule has 10 heteroatoms. The van der Waals surface area contributed by atoms with Crippen molar-refractivity contribution in [3.8, 4) is 0 Å². The molecule has 0 aliphatic carbocycles. The maximum atomic E-state index is 5.37. The van der Waals surface area contributed by atoms with Gasteiger partial charge in [0.05, 0.1) is 25.1 Å². The summed E-state index contributed by atoms with van der Waals surface area (Å²) in [4.78, 5) is 7.81. The smallest absolute Gasteiger partial charge is 0.213 e. The van der Waals surface area contributed by atoms with Crippen LogP contribution in [-0.4, -0.2) is 51.1 Å². The molecular formula is C14H18N6OS3. The van der Waals surface area contributed by atoms with E-state index < -0.39 is 0 Å². The van der Waals surface area contributed by atoms with E-state index in [1.54, 1.807) is 34.4 Å². The fourth-order valence-corrected chi connectivity index (χ4v) is 5.30. The van der Waals surface area contributed by atoms with Crippen LogP contribution < -0.4 is 4.90 Å². The maximum Gasteiger partial charge on any atom is 0.213 e. The summed E-state index contributed by atoms with van der Waals surface area (Å²) in [5.74, 6) is 0. The van der Waals surface area contributed by atoms with Gasteiger partial charge in [-0.05, 0) is 11.8 Å². The highest BCUT2D eigenvalue weighted by atomic mass is 32.2. The third-order valence-electron chi connectivity index (χ3n) is 3.65. The first-order chi connectivity index (χ1) is 11.5. The Bertz CT molecular complexity index is 811. The number of hydrogen-bond acceptors (Lipinski definition) is 9. The third kappa shape index (κ3) is 3.28. The number of aromatic nitrogens is 5. The van der Waals surface area contributed by atoms with Crippen molar-refractivity contribution in [1.29, 1.82) is 0 Å². The lowest BCUT2D eigenvalue weighted by molar-refractivity contribution is 0.122. The fraction of sp³-hybridized carbons (Fsp3) is 0.571. The number of anilines is 1. The predicted octanol–water partition coefficient (Wildman–Crippen LogP) is 2.93. The molecule has 1 aliphatic heterocycles. The van der Waals surface area contributed by atoms with E-state index in [0.717, 1.165) is 50.8 Å². The SMILES string of the molecule is CC(C)(C)c1cn2nc(Sc3nnc(N4CCOCC4)s3)sc2n1. The van der Waals surface area contributed by atoms with E-state index in [1.165, 1.54) is 0 Å². The molecule has 0 amide bonds. The zero-order chi connectivity index (χ0) is 16.7. The minimum atomic E-state index is 0.0347. The zero-order valence-corrected chi connectivity index (χ0v) is 16.2. The first kappa shape index (κ1) is 16.2. The lowest BCUT2D eigenvalue weighted by atomic mass is 9.93.